The zero-order valence-electron chi connectivity index (χ0n) is 15.0. The third-order valence-electron chi connectivity index (χ3n) is 3.75. The molecule has 3 rings (SSSR count). The van der Waals surface area contributed by atoms with Gasteiger partial charge in [-0.15, -0.1) is 0 Å². The Hall–Kier alpha value is -3.00. The van der Waals surface area contributed by atoms with Crippen LogP contribution in [0.3, 0.4) is 0 Å². The Morgan fingerprint density at radius 3 is 2.30 bits per heavy atom. The SMILES string of the molecule is CC(C)Oc1cc(Oc2ccc(S(C)(=O)=O)cc2)cc2cc(C(=O)O)[nH]c12. The van der Waals surface area contributed by atoms with Gasteiger partial charge in [0.25, 0.3) is 0 Å². The minimum Gasteiger partial charge on any atom is -0.489 e. The van der Waals surface area contributed by atoms with E-state index in [-0.39, 0.29) is 16.7 Å². The van der Waals surface area contributed by atoms with E-state index < -0.39 is 15.8 Å². The van der Waals surface area contributed by atoms with E-state index in [0.29, 0.717) is 28.2 Å². The van der Waals surface area contributed by atoms with E-state index >= 15 is 0 Å². The van der Waals surface area contributed by atoms with Gasteiger partial charge in [-0.1, -0.05) is 0 Å². The first-order valence-electron chi connectivity index (χ1n) is 8.18. The molecule has 0 saturated heterocycles. The van der Waals surface area contributed by atoms with Crippen LogP contribution < -0.4 is 9.47 Å². The minimum absolute atomic E-state index is 0.0493. The molecular formula is C19H19NO6S. The summed E-state index contributed by atoms with van der Waals surface area (Å²) in [6, 6.07) is 10.9. The van der Waals surface area contributed by atoms with E-state index in [9.17, 15) is 18.3 Å². The second kappa shape index (κ2) is 6.96. The van der Waals surface area contributed by atoms with Crippen LogP contribution in [0.2, 0.25) is 0 Å². The molecule has 2 N–H and O–H groups in total. The number of carbonyl (C=O) groups is 1. The molecule has 0 amide bonds. The van der Waals surface area contributed by atoms with Gasteiger partial charge in [0.2, 0.25) is 0 Å². The van der Waals surface area contributed by atoms with Gasteiger partial charge >= 0.3 is 5.97 Å². The lowest BCUT2D eigenvalue weighted by atomic mass is 10.2. The molecule has 0 aliphatic rings. The molecule has 0 saturated carbocycles. The second-order valence-electron chi connectivity index (χ2n) is 6.39. The smallest absolute Gasteiger partial charge is 0.352 e. The molecule has 27 heavy (non-hydrogen) atoms. The van der Waals surface area contributed by atoms with Gasteiger partial charge in [-0.2, -0.15) is 0 Å². The molecule has 7 nitrogen and oxygen atoms in total. The molecule has 0 atom stereocenters. The van der Waals surface area contributed by atoms with Gasteiger partial charge in [-0.3, -0.25) is 0 Å². The van der Waals surface area contributed by atoms with Crippen molar-refractivity contribution >= 4 is 26.7 Å². The molecule has 3 aromatic rings. The Morgan fingerprint density at radius 2 is 1.74 bits per heavy atom. The Labute approximate surface area is 156 Å². The number of fused-ring (bicyclic) bond motifs is 1. The quantitative estimate of drug-likeness (QED) is 0.663. The Morgan fingerprint density at radius 1 is 1.07 bits per heavy atom. The zero-order chi connectivity index (χ0) is 19.8. The molecule has 0 aliphatic carbocycles. The number of benzene rings is 2. The fourth-order valence-corrected chi connectivity index (χ4v) is 3.23. The molecule has 142 valence electrons. The van der Waals surface area contributed by atoms with Crippen LogP contribution in [0.4, 0.5) is 0 Å². The molecule has 2 aromatic carbocycles. The van der Waals surface area contributed by atoms with Gasteiger partial charge in [0.05, 0.1) is 16.5 Å². The van der Waals surface area contributed by atoms with Crippen LogP contribution in [-0.2, 0) is 9.84 Å². The lowest BCUT2D eigenvalue weighted by Gasteiger charge is -2.13. The molecule has 0 unspecified atom stereocenters. The van der Waals surface area contributed by atoms with E-state index in [1.807, 2.05) is 13.8 Å². The monoisotopic (exact) mass is 389 g/mol. The van der Waals surface area contributed by atoms with Crippen molar-refractivity contribution in [2.75, 3.05) is 6.26 Å². The van der Waals surface area contributed by atoms with Crippen molar-refractivity contribution in [1.29, 1.82) is 0 Å². The maximum Gasteiger partial charge on any atom is 0.352 e. The van der Waals surface area contributed by atoms with Crippen molar-refractivity contribution in [3.8, 4) is 17.2 Å². The highest BCUT2D eigenvalue weighted by Gasteiger charge is 2.15. The fraction of sp³-hybridized carbons (Fsp3) is 0.211. The number of carboxylic acid groups (broad SMARTS) is 1. The van der Waals surface area contributed by atoms with Gasteiger partial charge in [0, 0.05) is 17.7 Å². The predicted molar refractivity (Wildman–Crippen MR) is 101 cm³/mol. The van der Waals surface area contributed by atoms with Crippen molar-refractivity contribution in [1.82, 2.24) is 4.98 Å². The number of aromatic carboxylic acids is 1. The van der Waals surface area contributed by atoms with Crippen LogP contribution in [0.15, 0.2) is 47.4 Å². The number of aromatic amines is 1. The van der Waals surface area contributed by atoms with Crippen LogP contribution in [0.25, 0.3) is 10.9 Å². The molecule has 0 spiro atoms. The maximum atomic E-state index is 11.5. The number of nitrogens with one attached hydrogen (secondary N) is 1. The van der Waals surface area contributed by atoms with Gasteiger partial charge in [0.15, 0.2) is 9.84 Å². The third kappa shape index (κ3) is 4.22. The van der Waals surface area contributed by atoms with Gasteiger partial charge in [0.1, 0.15) is 22.9 Å². The number of hydrogen-bond acceptors (Lipinski definition) is 5. The summed E-state index contributed by atoms with van der Waals surface area (Å²) >= 11 is 0. The first kappa shape index (κ1) is 18.8. The predicted octanol–water partition coefficient (Wildman–Crippen LogP) is 3.85. The number of sulfone groups is 1. The van der Waals surface area contributed by atoms with Crippen LogP contribution in [0.5, 0.6) is 17.2 Å². The standard InChI is InChI=1S/C19H19NO6S/c1-11(2)25-17-10-14(8-12-9-16(19(21)22)20-18(12)17)26-13-4-6-15(7-5-13)27(3,23)24/h4-11,20H,1-3H3,(H,21,22). The van der Waals surface area contributed by atoms with E-state index in [1.165, 1.54) is 18.2 Å². The van der Waals surface area contributed by atoms with Crippen molar-refractivity contribution in [3.05, 3.63) is 48.2 Å². The van der Waals surface area contributed by atoms with Gasteiger partial charge in [-0.05, 0) is 50.2 Å². The van der Waals surface area contributed by atoms with Crippen molar-refractivity contribution in [3.63, 3.8) is 0 Å². The van der Waals surface area contributed by atoms with Crippen LogP contribution in [-0.4, -0.2) is 36.8 Å². The molecule has 8 heteroatoms. The lowest BCUT2D eigenvalue weighted by Crippen LogP contribution is -2.06. The summed E-state index contributed by atoms with van der Waals surface area (Å²) < 4.78 is 34.7. The number of carboxylic acids is 1. The zero-order valence-corrected chi connectivity index (χ0v) is 15.8. The third-order valence-corrected chi connectivity index (χ3v) is 4.87. The highest BCUT2D eigenvalue weighted by Crippen LogP contribution is 2.34. The summed E-state index contributed by atoms with van der Waals surface area (Å²) in [5, 5.41) is 9.84. The summed E-state index contributed by atoms with van der Waals surface area (Å²) in [5.41, 5.74) is 0.620. The lowest BCUT2D eigenvalue weighted by molar-refractivity contribution is 0.0691. The molecule has 0 fully saturated rings. The summed E-state index contributed by atoms with van der Waals surface area (Å²) in [6.07, 6.45) is 1.02. The fourth-order valence-electron chi connectivity index (χ4n) is 2.60. The topological polar surface area (TPSA) is 106 Å². The summed E-state index contributed by atoms with van der Waals surface area (Å²) in [5.74, 6) is 0.297. The molecule has 1 aromatic heterocycles. The summed E-state index contributed by atoms with van der Waals surface area (Å²) in [6.45, 7) is 3.73. The van der Waals surface area contributed by atoms with E-state index in [4.69, 9.17) is 9.47 Å². The molecule has 0 bridgehead atoms. The normalized spacial score (nSPS) is 11.7. The summed E-state index contributed by atoms with van der Waals surface area (Å²) in [7, 11) is -3.28. The maximum absolute atomic E-state index is 11.5. The van der Waals surface area contributed by atoms with Crippen molar-refractivity contribution in [2.24, 2.45) is 0 Å². The number of H-pyrrole nitrogens is 1. The first-order chi connectivity index (χ1) is 12.6. The highest BCUT2D eigenvalue weighted by molar-refractivity contribution is 7.90. The number of hydrogen-bond donors (Lipinski definition) is 2. The molecule has 0 aliphatic heterocycles. The van der Waals surface area contributed by atoms with Gasteiger partial charge < -0.3 is 19.6 Å². The molecule has 1 heterocycles. The summed E-state index contributed by atoms with van der Waals surface area (Å²) in [4.78, 5) is 14.3. The Kier molecular flexibility index (Phi) is 4.84. The van der Waals surface area contributed by atoms with Gasteiger partial charge in [-0.25, -0.2) is 13.2 Å². The Balaban J connectivity index is 1.99. The molecular weight excluding hydrogens is 370 g/mol. The van der Waals surface area contributed by atoms with E-state index in [2.05, 4.69) is 4.98 Å². The first-order valence-corrected chi connectivity index (χ1v) is 10.1. The van der Waals surface area contributed by atoms with E-state index in [1.54, 1.807) is 24.3 Å². The average molecular weight is 389 g/mol. The largest absolute Gasteiger partial charge is 0.489 e. The Bertz CT molecular complexity index is 1100. The van der Waals surface area contributed by atoms with E-state index in [0.717, 1.165) is 6.26 Å². The van der Waals surface area contributed by atoms with Crippen LogP contribution >= 0.6 is 0 Å². The van der Waals surface area contributed by atoms with Crippen molar-refractivity contribution in [2.45, 2.75) is 24.8 Å². The van der Waals surface area contributed by atoms with Crippen LogP contribution in [0.1, 0.15) is 24.3 Å². The molecule has 0 radical (unpaired) electrons. The number of aromatic nitrogens is 1. The second-order valence-corrected chi connectivity index (χ2v) is 8.40. The average Bonchev–Trinajstić information content (AvgIpc) is 2.99. The van der Waals surface area contributed by atoms with Crippen LogP contribution in [0, 0.1) is 0 Å². The number of rotatable bonds is 6. The minimum atomic E-state index is -3.28. The number of ether oxygens (including phenoxy) is 2. The van der Waals surface area contributed by atoms with Crippen molar-refractivity contribution < 1.29 is 27.8 Å². The highest BCUT2D eigenvalue weighted by atomic mass is 32.2.